The highest BCUT2D eigenvalue weighted by molar-refractivity contribution is 7.99. The molecule has 0 fully saturated rings. The maximum absolute atomic E-state index is 13.0. The molecule has 0 spiro atoms. The molecule has 31 heavy (non-hydrogen) atoms. The number of thioether (sulfide) groups is 1. The van der Waals surface area contributed by atoms with Gasteiger partial charge in [-0.2, -0.15) is 0 Å². The van der Waals surface area contributed by atoms with Crippen LogP contribution in [0.1, 0.15) is 23.9 Å². The van der Waals surface area contributed by atoms with Crippen LogP contribution in [0.2, 0.25) is 0 Å². The lowest BCUT2D eigenvalue weighted by Crippen LogP contribution is -2.37. The van der Waals surface area contributed by atoms with E-state index in [4.69, 9.17) is 9.47 Å². The third-order valence-corrected chi connectivity index (χ3v) is 6.34. The van der Waals surface area contributed by atoms with Crippen molar-refractivity contribution in [1.82, 2.24) is 19.7 Å². The Bertz CT molecular complexity index is 1070. The molecule has 4 rings (SSSR count). The van der Waals surface area contributed by atoms with Crippen LogP contribution in [0.4, 0.5) is 0 Å². The van der Waals surface area contributed by atoms with E-state index >= 15 is 0 Å². The first-order valence-corrected chi connectivity index (χ1v) is 11.3. The van der Waals surface area contributed by atoms with Crippen molar-refractivity contribution in [3.8, 4) is 17.2 Å². The van der Waals surface area contributed by atoms with Crippen LogP contribution in [0, 0.1) is 0 Å². The number of para-hydroxylation sites is 1. The molecule has 3 aromatic rings. The van der Waals surface area contributed by atoms with Gasteiger partial charge in [0.05, 0.1) is 20.0 Å². The van der Waals surface area contributed by atoms with Crippen LogP contribution in [0.3, 0.4) is 0 Å². The fourth-order valence-electron chi connectivity index (χ4n) is 3.77. The second-order valence-corrected chi connectivity index (χ2v) is 8.20. The van der Waals surface area contributed by atoms with Crippen molar-refractivity contribution in [3.63, 3.8) is 0 Å². The molecule has 2 aromatic carbocycles. The molecule has 1 aromatic heterocycles. The third-order valence-electron chi connectivity index (χ3n) is 5.43. The summed E-state index contributed by atoms with van der Waals surface area (Å²) < 4.78 is 12.8. The van der Waals surface area contributed by atoms with Gasteiger partial charge in [0.2, 0.25) is 5.91 Å². The first-order chi connectivity index (χ1) is 15.1. The zero-order valence-corrected chi connectivity index (χ0v) is 18.8. The molecule has 0 radical (unpaired) electrons. The van der Waals surface area contributed by atoms with Gasteiger partial charge >= 0.3 is 0 Å². The average Bonchev–Trinajstić information content (AvgIpc) is 3.24. The molecule has 2 heterocycles. The molecule has 1 aliphatic heterocycles. The SMILES string of the molecule is CCc1nnc(SCC(=O)N2CCc3cc(OC)c(OC)cc3C2)n1-c1ccccc1. The van der Waals surface area contributed by atoms with Gasteiger partial charge in [-0.05, 0) is 41.8 Å². The first kappa shape index (κ1) is 21.2. The Kier molecular flexibility index (Phi) is 6.46. The Balaban J connectivity index is 1.47. The summed E-state index contributed by atoms with van der Waals surface area (Å²) in [6.45, 7) is 3.31. The van der Waals surface area contributed by atoms with E-state index in [1.807, 2.05) is 51.9 Å². The Morgan fingerprint density at radius 2 is 1.77 bits per heavy atom. The van der Waals surface area contributed by atoms with E-state index in [1.54, 1.807) is 14.2 Å². The molecule has 0 saturated carbocycles. The number of nitrogens with zero attached hydrogens (tertiary/aromatic N) is 4. The quantitative estimate of drug-likeness (QED) is 0.526. The van der Waals surface area contributed by atoms with E-state index in [0.29, 0.717) is 24.6 Å². The topological polar surface area (TPSA) is 69.5 Å². The zero-order valence-electron chi connectivity index (χ0n) is 18.0. The smallest absolute Gasteiger partial charge is 0.233 e. The number of ether oxygens (including phenoxy) is 2. The van der Waals surface area contributed by atoms with Crippen molar-refractivity contribution in [2.45, 2.75) is 31.5 Å². The fourth-order valence-corrected chi connectivity index (χ4v) is 4.65. The predicted molar refractivity (Wildman–Crippen MR) is 120 cm³/mol. The van der Waals surface area contributed by atoms with Crippen molar-refractivity contribution in [2.75, 3.05) is 26.5 Å². The molecule has 1 aliphatic rings. The van der Waals surface area contributed by atoms with Gasteiger partial charge in [-0.25, -0.2) is 0 Å². The molecule has 7 nitrogen and oxygen atoms in total. The molecular formula is C23H26N4O3S. The molecule has 0 bridgehead atoms. The lowest BCUT2D eigenvalue weighted by Gasteiger charge is -2.29. The Labute approximate surface area is 186 Å². The summed E-state index contributed by atoms with van der Waals surface area (Å²) in [6.07, 6.45) is 1.57. The standard InChI is InChI=1S/C23H26N4O3S/c1-4-21-24-25-23(27(21)18-8-6-5-7-9-18)31-15-22(28)26-11-10-16-12-19(29-2)20(30-3)13-17(16)14-26/h5-9,12-13H,4,10-11,14-15H2,1-3H3. The van der Waals surface area contributed by atoms with Crippen LogP contribution in [0.15, 0.2) is 47.6 Å². The number of hydrogen-bond acceptors (Lipinski definition) is 6. The van der Waals surface area contributed by atoms with Crippen molar-refractivity contribution in [1.29, 1.82) is 0 Å². The number of methoxy groups -OCH3 is 2. The first-order valence-electron chi connectivity index (χ1n) is 10.3. The van der Waals surface area contributed by atoms with E-state index in [1.165, 1.54) is 17.3 Å². The number of aryl methyl sites for hydroxylation is 1. The number of aromatic nitrogens is 3. The van der Waals surface area contributed by atoms with E-state index < -0.39 is 0 Å². The molecule has 0 atom stereocenters. The van der Waals surface area contributed by atoms with Gasteiger partial charge in [0.15, 0.2) is 16.7 Å². The molecule has 162 valence electrons. The second-order valence-electron chi connectivity index (χ2n) is 7.25. The molecular weight excluding hydrogens is 412 g/mol. The van der Waals surface area contributed by atoms with Crippen LogP contribution < -0.4 is 9.47 Å². The predicted octanol–water partition coefficient (Wildman–Crippen LogP) is 3.52. The average molecular weight is 439 g/mol. The van der Waals surface area contributed by atoms with Crippen LogP contribution in [-0.4, -0.2) is 52.1 Å². The van der Waals surface area contributed by atoms with Crippen LogP contribution in [0.25, 0.3) is 5.69 Å². The lowest BCUT2D eigenvalue weighted by molar-refractivity contribution is -0.129. The van der Waals surface area contributed by atoms with Crippen LogP contribution >= 0.6 is 11.8 Å². The normalized spacial score (nSPS) is 13.1. The van der Waals surface area contributed by atoms with Crippen molar-refractivity contribution in [2.24, 2.45) is 0 Å². The lowest BCUT2D eigenvalue weighted by atomic mass is 9.99. The van der Waals surface area contributed by atoms with Gasteiger partial charge in [-0.15, -0.1) is 10.2 Å². The van der Waals surface area contributed by atoms with E-state index in [2.05, 4.69) is 17.1 Å². The Morgan fingerprint density at radius 3 is 2.45 bits per heavy atom. The van der Waals surface area contributed by atoms with Gasteiger partial charge in [0.1, 0.15) is 5.82 Å². The van der Waals surface area contributed by atoms with Crippen molar-refractivity contribution in [3.05, 3.63) is 59.4 Å². The number of amides is 1. The van der Waals surface area contributed by atoms with Gasteiger partial charge in [0.25, 0.3) is 0 Å². The Hall–Kier alpha value is -3.00. The summed E-state index contributed by atoms with van der Waals surface area (Å²) in [5.41, 5.74) is 3.31. The number of fused-ring (bicyclic) bond motifs is 1. The number of rotatable bonds is 7. The van der Waals surface area contributed by atoms with E-state index in [0.717, 1.165) is 40.8 Å². The van der Waals surface area contributed by atoms with Crippen molar-refractivity contribution >= 4 is 17.7 Å². The minimum absolute atomic E-state index is 0.0890. The number of benzene rings is 2. The highest BCUT2D eigenvalue weighted by atomic mass is 32.2. The highest BCUT2D eigenvalue weighted by Gasteiger charge is 2.24. The summed E-state index contributed by atoms with van der Waals surface area (Å²) in [7, 11) is 3.26. The molecule has 8 heteroatoms. The van der Waals surface area contributed by atoms with Gasteiger partial charge in [-0.3, -0.25) is 9.36 Å². The molecule has 1 amide bonds. The number of carbonyl (C=O) groups is 1. The zero-order chi connectivity index (χ0) is 21.8. The number of carbonyl (C=O) groups excluding carboxylic acids is 1. The minimum Gasteiger partial charge on any atom is -0.493 e. The largest absolute Gasteiger partial charge is 0.493 e. The molecule has 0 N–H and O–H groups in total. The maximum atomic E-state index is 13.0. The summed E-state index contributed by atoms with van der Waals surface area (Å²) in [5, 5.41) is 9.38. The van der Waals surface area contributed by atoms with Crippen LogP contribution in [0.5, 0.6) is 11.5 Å². The second kappa shape index (κ2) is 9.43. The Morgan fingerprint density at radius 1 is 1.06 bits per heavy atom. The monoisotopic (exact) mass is 438 g/mol. The summed E-state index contributed by atoms with van der Waals surface area (Å²) in [5.74, 6) is 2.70. The maximum Gasteiger partial charge on any atom is 0.233 e. The molecule has 0 saturated heterocycles. The summed E-state index contributed by atoms with van der Waals surface area (Å²) in [6, 6.07) is 14.0. The third kappa shape index (κ3) is 4.39. The van der Waals surface area contributed by atoms with E-state index in [9.17, 15) is 4.79 Å². The van der Waals surface area contributed by atoms with Gasteiger partial charge < -0.3 is 14.4 Å². The van der Waals surface area contributed by atoms with Gasteiger partial charge in [-0.1, -0.05) is 36.9 Å². The molecule has 0 unspecified atom stereocenters. The van der Waals surface area contributed by atoms with Crippen LogP contribution in [-0.2, 0) is 24.2 Å². The van der Waals surface area contributed by atoms with Crippen molar-refractivity contribution < 1.29 is 14.3 Å². The minimum atomic E-state index is 0.0890. The summed E-state index contributed by atoms with van der Waals surface area (Å²) in [4.78, 5) is 14.9. The highest BCUT2D eigenvalue weighted by Crippen LogP contribution is 2.33. The van der Waals surface area contributed by atoms with E-state index in [-0.39, 0.29) is 5.91 Å². The fraction of sp³-hybridized carbons (Fsp3) is 0.348. The van der Waals surface area contributed by atoms with Gasteiger partial charge in [0, 0.05) is 25.2 Å². The number of hydrogen-bond donors (Lipinski definition) is 0. The molecule has 0 aliphatic carbocycles. The summed E-state index contributed by atoms with van der Waals surface area (Å²) >= 11 is 1.43.